The van der Waals surface area contributed by atoms with Gasteiger partial charge >= 0.3 is 0 Å². The van der Waals surface area contributed by atoms with E-state index in [1.165, 1.54) is 6.33 Å². The maximum absolute atomic E-state index is 12.7. The quantitative estimate of drug-likeness (QED) is 0.514. The lowest BCUT2D eigenvalue weighted by atomic mass is 10.1. The second-order valence-electron chi connectivity index (χ2n) is 7.33. The second-order valence-corrected chi connectivity index (χ2v) is 7.77. The molecule has 1 unspecified atom stereocenters. The molecule has 1 fully saturated rings. The minimum absolute atomic E-state index is 0.182. The smallest absolute Gasteiger partial charge is 0.272 e. The normalized spacial score (nSPS) is 16.8. The largest absolute Gasteiger partial charge is 0.394 e. The Morgan fingerprint density at radius 1 is 1.42 bits per heavy atom. The van der Waals surface area contributed by atoms with Crippen molar-refractivity contribution < 1.29 is 14.6 Å². The number of halogens is 1. The van der Waals surface area contributed by atoms with Crippen LogP contribution in [0.2, 0.25) is 5.02 Å². The summed E-state index contributed by atoms with van der Waals surface area (Å²) in [6, 6.07) is 6.58. The molecule has 9 nitrogen and oxygen atoms in total. The van der Waals surface area contributed by atoms with E-state index in [1.54, 1.807) is 41.2 Å². The van der Waals surface area contributed by atoms with Gasteiger partial charge in [-0.2, -0.15) is 4.98 Å². The van der Waals surface area contributed by atoms with Gasteiger partial charge in [0, 0.05) is 29.6 Å². The van der Waals surface area contributed by atoms with E-state index in [1.807, 2.05) is 6.92 Å². The Bertz CT molecular complexity index is 1070. The van der Waals surface area contributed by atoms with Crippen LogP contribution in [-0.2, 0) is 4.74 Å². The molecule has 1 aliphatic rings. The predicted molar refractivity (Wildman–Crippen MR) is 115 cm³/mol. The van der Waals surface area contributed by atoms with Crippen LogP contribution in [-0.4, -0.2) is 56.4 Å². The van der Waals surface area contributed by atoms with Crippen molar-refractivity contribution in [2.24, 2.45) is 0 Å². The summed E-state index contributed by atoms with van der Waals surface area (Å²) in [5.74, 6) is 0.708. The number of hydrogen-bond donors (Lipinski definition) is 3. The van der Waals surface area contributed by atoms with Crippen molar-refractivity contribution in [3.63, 3.8) is 0 Å². The second kappa shape index (κ2) is 9.42. The van der Waals surface area contributed by atoms with E-state index in [4.69, 9.17) is 16.3 Å². The summed E-state index contributed by atoms with van der Waals surface area (Å²) in [6.07, 6.45) is 5.75. The van der Waals surface area contributed by atoms with Crippen LogP contribution in [0.1, 0.15) is 34.1 Å². The van der Waals surface area contributed by atoms with Gasteiger partial charge in [-0.25, -0.2) is 9.97 Å². The number of aryl methyl sites for hydroxylation is 1. The maximum atomic E-state index is 12.7. The van der Waals surface area contributed by atoms with Gasteiger partial charge in [0.1, 0.15) is 17.8 Å². The fraction of sp³-hybridized carbons (Fsp3) is 0.333. The van der Waals surface area contributed by atoms with Gasteiger partial charge in [0.25, 0.3) is 5.91 Å². The molecule has 0 aliphatic carbocycles. The van der Waals surface area contributed by atoms with Gasteiger partial charge in [0.15, 0.2) is 0 Å². The van der Waals surface area contributed by atoms with Crippen molar-refractivity contribution >= 4 is 23.5 Å². The van der Waals surface area contributed by atoms with Crippen LogP contribution in [0.15, 0.2) is 43.0 Å². The molecule has 1 amide bonds. The summed E-state index contributed by atoms with van der Waals surface area (Å²) in [5, 5.41) is 16.3. The number of amides is 1. The third-order valence-electron chi connectivity index (χ3n) is 5.01. The third kappa shape index (κ3) is 5.01. The first kappa shape index (κ1) is 21.2. The van der Waals surface area contributed by atoms with Crippen LogP contribution in [0.25, 0.3) is 5.82 Å². The summed E-state index contributed by atoms with van der Waals surface area (Å²) in [4.78, 5) is 25.8. The van der Waals surface area contributed by atoms with E-state index in [-0.39, 0.29) is 18.3 Å². The van der Waals surface area contributed by atoms with Crippen LogP contribution < -0.4 is 10.6 Å². The van der Waals surface area contributed by atoms with Crippen LogP contribution in [0.5, 0.6) is 0 Å². The van der Waals surface area contributed by atoms with Gasteiger partial charge < -0.3 is 20.5 Å². The lowest BCUT2D eigenvalue weighted by Crippen LogP contribution is -2.31. The SMILES string of the molecule is Cc1cnc(N[C@H]2CCOC2)nc1-n1cnc(C(=O)NC(CO)c2cccc(Cl)c2)c1. The zero-order chi connectivity index (χ0) is 21.8. The lowest BCUT2D eigenvalue weighted by Gasteiger charge is -2.16. The number of hydrogen-bond acceptors (Lipinski definition) is 7. The first-order valence-electron chi connectivity index (χ1n) is 9.93. The van der Waals surface area contributed by atoms with Crippen molar-refractivity contribution in [3.05, 3.63) is 64.8 Å². The number of nitrogens with one attached hydrogen (secondary N) is 2. The minimum Gasteiger partial charge on any atom is -0.394 e. The zero-order valence-electron chi connectivity index (χ0n) is 17.0. The topological polar surface area (TPSA) is 114 Å². The molecule has 4 rings (SSSR count). The molecule has 162 valence electrons. The Kier molecular flexibility index (Phi) is 6.45. The third-order valence-corrected chi connectivity index (χ3v) is 5.24. The molecular weight excluding hydrogens is 420 g/mol. The summed E-state index contributed by atoms with van der Waals surface area (Å²) in [5.41, 5.74) is 1.75. The van der Waals surface area contributed by atoms with E-state index in [2.05, 4.69) is 25.6 Å². The van der Waals surface area contributed by atoms with E-state index in [0.717, 1.165) is 18.6 Å². The van der Waals surface area contributed by atoms with Crippen LogP contribution >= 0.6 is 11.6 Å². The standard InChI is InChI=1S/C21H23ClN6O3/c1-13-8-23-21(25-16-5-6-31-11-16)27-19(13)28-9-17(24-12-28)20(30)26-18(10-29)14-3-2-4-15(22)7-14/h2-4,7-9,12,16,18,29H,5-6,10-11H2,1H3,(H,26,30)(H,23,25,27)/t16-,18?/m0/s1. The first-order chi connectivity index (χ1) is 15.0. The van der Waals surface area contributed by atoms with Crippen molar-refractivity contribution in [1.82, 2.24) is 24.8 Å². The van der Waals surface area contributed by atoms with E-state index in [0.29, 0.717) is 29.0 Å². The molecule has 1 aliphatic heterocycles. The number of aliphatic hydroxyl groups excluding tert-OH is 1. The summed E-state index contributed by atoms with van der Waals surface area (Å²) in [6.45, 7) is 2.97. The highest BCUT2D eigenvalue weighted by atomic mass is 35.5. The average Bonchev–Trinajstić information content (AvgIpc) is 3.45. The molecule has 10 heteroatoms. The molecule has 0 saturated carbocycles. The number of rotatable bonds is 7. The highest BCUT2D eigenvalue weighted by Crippen LogP contribution is 2.19. The molecule has 0 spiro atoms. The zero-order valence-corrected chi connectivity index (χ0v) is 17.7. The Balaban J connectivity index is 1.50. The molecule has 1 aromatic carbocycles. The van der Waals surface area contributed by atoms with Gasteiger partial charge in [0.2, 0.25) is 5.95 Å². The first-order valence-corrected chi connectivity index (χ1v) is 10.3. The number of anilines is 1. The molecule has 3 aromatic rings. The number of carbonyl (C=O) groups is 1. The molecule has 0 bridgehead atoms. The van der Waals surface area contributed by atoms with Crippen molar-refractivity contribution in [1.29, 1.82) is 0 Å². The van der Waals surface area contributed by atoms with Gasteiger partial charge in [0.05, 0.1) is 25.3 Å². The predicted octanol–water partition coefficient (Wildman–Crippen LogP) is 2.29. The molecule has 2 atom stereocenters. The molecular formula is C21H23ClN6O3. The molecule has 3 N–H and O–H groups in total. The highest BCUT2D eigenvalue weighted by molar-refractivity contribution is 6.30. The molecule has 3 heterocycles. The maximum Gasteiger partial charge on any atom is 0.272 e. The summed E-state index contributed by atoms with van der Waals surface area (Å²) < 4.78 is 7.05. The fourth-order valence-corrected chi connectivity index (χ4v) is 3.54. The fourth-order valence-electron chi connectivity index (χ4n) is 3.34. The number of benzene rings is 1. The highest BCUT2D eigenvalue weighted by Gasteiger charge is 2.19. The Hall–Kier alpha value is -3.01. The Labute approximate surface area is 184 Å². The van der Waals surface area contributed by atoms with Gasteiger partial charge in [-0.1, -0.05) is 23.7 Å². The molecule has 0 radical (unpaired) electrons. The van der Waals surface area contributed by atoms with Crippen LogP contribution in [0, 0.1) is 6.92 Å². The van der Waals surface area contributed by atoms with Crippen LogP contribution in [0.4, 0.5) is 5.95 Å². The van der Waals surface area contributed by atoms with Gasteiger partial charge in [-0.3, -0.25) is 9.36 Å². The van der Waals surface area contributed by atoms with Gasteiger partial charge in [-0.15, -0.1) is 0 Å². The number of aromatic nitrogens is 4. The monoisotopic (exact) mass is 442 g/mol. The molecule has 31 heavy (non-hydrogen) atoms. The Morgan fingerprint density at radius 3 is 3.03 bits per heavy atom. The molecule has 1 saturated heterocycles. The number of nitrogens with zero attached hydrogens (tertiary/aromatic N) is 4. The van der Waals surface area contributed by atoms with Gasteiger partial charge in [-0.05, 0) is 31.0 Å². The van der Waals surface area contributed by atoms with Crippen molar-refractivity contribution in [3.8, 4) is 5.82 Å². The summed E-state index contributed by atoms with van der Waals surface area (Å²) in [7, 11) is 0. The van der Waals surface area contributed by atoms with E-state index >= 15 is 0 Å². The number of imidazole rings is 1. The Morgan fingerprint density at radius 2 is 2.29 bits per heavy atom. The lowest BCUT2D eigenvalue weighted by molar-refractivity contribution is 0.0911. The summed E-state index contributed by atoms with van der Waals surface area (Å²) >= 11 is 6.02. The number of aliphatic hydroxyl groups is 1. The minimum atomic E-state index is -0.596. The molecule has 2 aromatic heterocycles. The number of ether oxygens (including phenoxy) is 1. The average molecular weight is 443 g/mol. The van der Waals surface area contributed by atoms with E-state index in [9.17, 15) is 9.90 Å². The van der Waals surface area contributed by atoms with Crippen LogP contribution in [0.3, 0.4) is 0 Å². The number of carbonyl (C=O) groups excluding carboxylic acids is 1. The van der Waals surface area contributed by atoms with E-state index < -0.39 is 11.9 Å². The van der Waals surface area contributed by atoms with Crippen molar-refractivity contribution in [2.75, 3.05) is 25.1 Å². The van der Waals surface area contributed by atoms with Crippen molar-refractivity contribution in [2.45, 2.75) is 25.4 Å².